The van der Waals surface area contributed by atoms with Crippen molar-refractivity contribution in [2.24, 2.45) is 9.50 Å². The van der Waals surface area contributed by atoms with Crippen molar-refractivity contribution in [2.45, 2.75) is 18.7 Å². The van der Waals surface area contributed by atoms with E-state index in [1.165, 1.54) is 6.26 Å². The highest BCUT2D eigenvalue weighted by Gasteiger charge is 2.09. The second kappa shape index (κ2) is 2.48. The standard InChI is InChI=1S/C4H12N2OS2/c1-4(2,8)6-9(3,5)7/h8H,1-3H3,(H2,5,6,7). The van der Waals surface area contributed by atoms with Crippen molar-refractivity contribution in [2.75, 3.05) is 6.26 Å². The van der Waals surface area contributed by atoms with E-state index in [1.807, 2.05) is 0 Å². The lowest BCUT2D eigenvalue weighted by Gasteiger charge is -2.10. The molecule has 9 heavy (non-hydrogen) atoms. The van der Waals surface area contributed by atoms with Gasteiger partial charge in [-0.25, -0.2) is 13.7 Å². The van der Waals surface area contributed by atoms with E-state index < -0.39 is 14.8 Å². The van der Waals surface area contributed by atoms with Gasteiger partial charge in [0.05, 0.1) is 0 Å². The fourth-order valence-corrected chi connectivity index (χ4v) is 1.82. The highest BCUT2D eigenvalue weighted by Crippen LogP contribution is 2.13. The van der Waals surface area contributed by atoms with E-state index in [2.05, 4.69) is 17.0 Å². The summed E-state index contributed by atoms with van der Waals surface area (Å²) in [5, 5.41) is 5.13. The molecule has 0 spiro atoms. The highest BCUT2D eigenvalue weighted by atomic mass is 32.2. The zero-order chi connectivity index (χ0) is 7.71. The van der Waals surface area contributed by atoms with E-state index in [4.69, 9.17) is 5.14 Å². The molecule has 0 fully saturated rings. The van der Waals surface area contributed by atoms with Gasteiger partial charge in [0, 0.05) is 6.26 Å². The molecule has 3 nitrogen and oxygen atoms in total. The number of thiol groups is 1. The Bertz CT molecular complexity index is 189. The molecule has 0 aromatic carbocycles. The van der Waals surface area contributed by atoms with Crippen molar-refractivity contribution in [1.82, 2.24) is 0 Å². The molecule has 5 heteroatoms. The monoisotopic (exact) mass is 168 g/mol. The zero-order valence-corrected chi connectivity index (χ0v) is 7.50. The first-order valence-electron chi connectivity index (χ1n) is 2.44. The summed E-state index contributed by atoms with van der Waals surface area (Å²) in [6.45, 7) is 3.46. The molecule has 0 aliphatic carbocycles. The van der Waals surface area contributed by atoms with E-state index in [1.54, 1.807) is 13.8 Å². The van der Waals surface area contributed by atoms with Gasteiger partial charge in [0.15, 0.2) is 0 Å². The molecular formula is C4H12N2OS2. The van der Waals surface area contributed by atoms with Crippen LogP contribution in [0.5, 0.6) is 0 Å². The average Bonchev–Trinajstić information content (AvgIpc) is 1.14. The topological polar surface area (TPSA) is 55.4 Å². The number of nitrogens with zero attached hydrogens (tertiary/aromatic N) is 1. The Kier molecular flexibility index (Phi) is 2.55. The molecule has 0 saturated heterocycles. The number of rotatable bonds is 1. The third-order valence-corrected chi connectivity index (χ3v) is 1.46. The van der Waals surface area contributed by atoms with E-state index >= 15 is 0 Å². The van der Waals surface area contributed by atoms with Gasteiger partial charge < -0.3 is 0 Å². The summed E-state index contributed by atoms with van der Waals surface area (Å²) in [6, 6.07) is 0. The van der Waals surface area contributed by atoms with Crippen molar-refractivity contribution in [3.63, 3.8) is 0 Å². The summed E-state index contributed by atoms with van der Waals surface area (Å²) in [6.07, 6.45) is 1.38. The summed E-state index contributed by atoms with van der Waals surface area (Å²) in [5.41, 5.74) is 0. The first kappa shape index (κ1) is 9.26. The summed E-state index contributed by atoms with van der Waals surface area (Å²) >= 11 is 4.02. The number of hydrogen-bond donors (Lipinski definition) is 2. The van der Waals surface area contributed by atoms with Crippen LogP contribution in [0.2, 0.25) is 0 Å². The average molecular weight is 168 g/mol. The number of nitrogens with two attached hydrogens (primary N) is 1. The van der Waals surface area contributed by atoms with Crippen LogP contribution in [0.4, 0.5) is 0 Å². The molecule has 0 heterocycles. The molecule has 2 N–H and O–H groups in total. The van der Waals surface area contributed by atoms with Gasteiger partial charge in [-0.05, 0) is 13.8 Å². The Balaban J connectivity index is 4.53. The molecule has 0 radical (unpaired) electrons. The van der Waals surface area contributed by atoms with Gasteiger partial charge >= 0.3 is 0 Å². The summed E-state index contributed by atoms with van der Waals surface area (Å²) in [5.74, 6) is 0. The van der Waals surface area contributed by atoms with Crippen molar-refractivity contribution in [3.8, 4) is 0 Å². The summed E-state index contributed by atoms with van der Waals surface area (Å²) in [4.78, 5) is -0.597. The predicted octanol–water partition coefficient (Wildman–Crippen LogP) is 0.624. The fourth-order valence-electron chi connectivity index (χ4n) is 0.444. The Morgan fingerprint density at radius 2 is 2.00 bits per heavy atom. The van der Waals surface area contributed by atoms with Crippen molar-refractivity contribution < 1.29 is 4.21 Å². The molecule has 0 aliphatic heterocycles. The van der Waals surface area contributed by atoms with Crippen LogP contribution in [0.3, 0.4) is 0 Å². The van der Waals surface area contributed by atoms with Gasteiger partial charge in [0.1, 0.15) is 14.8 Å². The van der Waals surface area contributed by atoms with Gasteiger partial charge in [-0.1, -0.05) is 0 Å². The minimum atomic E-state index is -2.48. The summed E-state index contributed by atoms with van der Waals surface area (Å²) in [7, 11) is -2.48. The lowest BCUT2D eigenvalue weighted by Crippen LogP contribution is -2.16. The molecule has 0 aliphatic rings. The van der Waals surface area contributed by atoms with Crippen LogP contribution in [0.1, 0.15) is 13.8 Å². The third-order valence-electron chi connectivity index (χ3n) is 0.405. The molecule has 1 atom stereocenters. The molecule has 0 saturated carbocycles. The molecule has 0 aromatic rings. The van der Waals surface area contributed by atoms with Crippen molar-refractivity contribution >= 4 is 22.5 Å². The third kappa shape index (κ3) is 8.26. The van der Waals surface area contributed by atoms with E-state index in [0.29, 0.717) is 0 Å². The highest BCUT2D eigenvalue weighted by molar-refractivity contribution is 7.91. The maximum atomic E-state index is 10.8. The molecule has 0 amide bonds. The Labute approximate surface area is 61.7 Å². The van der Waals surface area contributed by atoms with Crippen LogP contribution in [0.25, 0.3) is 0 Å². The maximum absolute atomic E-state index is 10.8. The Morgan fingerprint density at radius 3 is 2.00 bits per heavy atom. The van der Waals surface area contributed by atoms with E-state index in [9.17, 15) is 4.21 Å². The summed E-state index contributed by atoms with van der Waals surface area (Å²) < 4.78 is 14.5. The van der Waals surface area contributed by atoms with Crippen LogP contribution >= 0.6 is 12.6 Å². The molecular weight excluding hydrogens is 156 g/mol. The fraction of sp³-hybridized carbons (Fsp3) is 1.00. The molecule has 1 unspecified atom stereocenters. The van der Waals surface area contributed by atoms with Gasteiger partial charge in [-0.3, -0.25) is 0 Å². The Morgan fingerprint density at radius 1 is 1.67 bits per heavy atom. The van der Waals surface area contributed by atoms with Crippen molar-refractivity contribution in [1.29, 1.82) is 0 Å². The lowest BCUT2D eigenvalue weighted by atomic mass is 10.4. The molecule has 0 aromatic heterocycles. The zero-order valence-electron chi connectivity index (χ0n) is 5.79. The van der Waals surface area contributed by atoms with Crippen LogP contribution in [0.15, 0.2) is 4.36 Å². The SMILES string of the molecule is CC(C)(S)N=S(C)(N)=O. The van der Waals surface area contributed by atoms with E-state index in [-0.39, 0.29) is 0 Å². The Hall–Kier alpha value is 0.260. The molecule has 0 bridgehead atoms. The minimum absolute atomic E-state index is 0.597. The first-order valence-corrected chi connectivity index (χ1v) is 4.87. The maximum Gasteiger partial charge on any atom is 0.108 e. The van der Waals surface area contributed by atoms with Crippen LogP contribution in [-0.2, 0) is 9.92 Å². The van der Waals surface area contributed by atoms with Gasteiger partial charge in [-0.2, -0.15) is 0 Å². The van der Waals surface area contributed by atoms with E-state index in [0.717, 1.165) is 0 Å². The van der Waals surface area contributed by atoms with Crippen LogP contribution < -0.4 is 5.14 Å². The second-order valence-electron chi connectivity index (χ2n) is 2.45. The van der Waals surface area contributed by atoms with Crippen LogP contribution in [-0.4, -0.2) is 15.3 Å². The smallest absolute Gasteiger partial charge is 0.108 e. The molecule has 56 valence electrons. The van der Waals surface area contributed by atoms with Crippen LogP contribution in [0, 0.1) is 0 Å². The quantitative estimate of drug-likeness (QED) is 0.554. The first-order chi connectivity index (χ1) is 3.71. The largest absolute Gasteiger partial charge is 0.245 e. The molecule has 0 rings (SSSR count). The van der Waals surface area contributed by atoms with Gasteiger partial charge in [0.25, 0.3) is 0 Å². The van der Waals surface area contributed by atoms with Gasteiger partial charge in [-0.15, -0.1) is 12.6 Å². The number of hydrogen-bond acceptors (Lipinski definition) is 3. The van der Waals surface area contributed by atoms with Gasteiger partial charge in [0.2, 0.25) is 0 Å². The minimum Gasteiger partial charge on any atom is -0.245 e. The van der Waals surface area contributed by atoms with Crippen molar-refractivity contribution in [3.05, 3.63) is 0 Å². The lowest BCUT2D eigenvalue weighted by molar-refractivity contribution is 0.671. The predicted molar refractivity (Wildman–Crippen MR) is 43.7 cm³/mol. The second-order valence-corrected chi connectivity index (χ2v) is 5.45. The normalized spacial score (nSPS) is 18.8.